The highest BCUT2D eigenvalue weighted by Gasteiger charge is 2.23. The number of hydrogen-bond acceptors (Lipinski definition) is 4. The molecule has 1 aromatic heterocycles. The third-order valence-electron chi connectivity index (χ3n) is 4.97. The number of ether oxygens (including phenoxy) is 1. The van der Waals surface area contributed by atoms with Crippen molar-refractivity contribution >= 4 is 16.6 Å². The molecule has 0 spiro atoms. The molecular formula is C22H22N2O3. The number of piperidine rings is 1. The summed E-state index contributed by atoms with van der Waals surface area (Å²) in [6.45, 7) is 2.05. The van der Waals surface area contributed by atoms with Crippen LogP contribution in [-0.4, -0.2) is 41.4 Å². The highest BCUT2D eigenvalue weighted by atomic mass is 16.5. The molecule has 0 radical (unpaired) electrons. The summed E-state index contributed by atoms with van der Waals surface area (Å²) >= 11 is 0. The lowest BCUT2D eigenvalue weighted by atomic mass is 10.1. The lowest BCUT2D eigenvalue weighted by molar-refractivity contribution is 0.0734. The number of nitrogens with zero attached hydrogens (tertiary/aromatic N) is 1. The second-order valence-corrected chi connectivity index (χ2v) is 6.96. The fraction of sp³-hybridized carbons (Fsp3) is 0.273. The van der Waals surface area contributed by atoms with Crippen molar-refractivity contribution in [3.05, 3.63) is 76.7 Å². The summed E-state index contributed by atoms with van der Waals surface area (Å²) in [6.07, 6.45) is 3.65. The highest BCUT2D eigenvalue weighted by molar-refractivity contribution is 5.97. The summed E-state index contributed by atoms with van der Waals surface area (Å²) in [7, 11) is 0. The maximum absolute atomic E-state index is 12.4. The van der Waals surface area contributed by atoms with Gasteiger partial charge in [0, 0.05) is 23.7 Å². The van der Waals surface area contributed by atoms with Gasteiger partial charge in [0.1, 0.15) is 11.9 Å². The van der Waals surface area contributed by atoms with Crippen LogP contribution in [0.1, 0.15) is 23.2 Å². The maximum Gasteiger partial charge on any atom is 0.255 e. The zero-order valence-corrected chi connectivity index (χ0v) is 15.1. The summed E-state index contributed by atoms with van der Waals surface area (Å²) in [5.74, 6) is 0.899. The topological polar surface area (TPSA) is 62.4 Å². The summed E-state index contributed by atoms with van der Waals surface area (Å²) in [6, 6.07) is 16.8. The third kappa shape index (κ3) is 4.09. The van der Waals surface area contributed by atoms with Crippen molar-refractivity contribution in [1.29, 1.82) is 0 Å². The van der Waals surface area contributed by atoms with Gasteiger partial charge in [0.05, 0.1) is 6.54 Å². The second-order valence-electron chi connectivity index (χ2n) is 6.96. The van der Waals surface area contributed by atoms with E-state index in [0.29, 0.717) is 11.9 Å². The van der Waals surface area contributed by atoms with Crippen molar-refractivity contribution in [3.63, 3.8) is 0 Å². The Hall–Kier alpha value is -2.92. The molecule has 2 heterocycles. The van der Waals surface area contributed by atoms with Gasteiger partial charge < -0.3 is 9.72 Å². The van der Waals surface area contributed by atoms with E-state index in [1.165, 1.54) is 0 Å². The van der Waals surface area contributed by atoms with Crippen LogP contribution in [0.5, 0.6) is 5.75 Å². The lowest BCUT2D eigenvalue weighted by Crippen LogP contribution is -2.43. The Labute approximate surface area is 157 Å². The van der Waals surface area contributed by atoms with E-state index in [1.807, 2.05) is 48.5 Å². The fourth-order valence-corrected chi connectivity index (χ4v) is 3.61. The van der Waals surface area contributed by atoms with E-state index in [0.717, 1.165) is 42.6 Å². The molecule has 0 aliphatic carbocycles. The predicted octanol–water partition coefficient (Wildman–Crippen LogP) is 3.25. The Morgan fingerprint density at radius 1 is 1.15 bits per heavy atom. The molecule has 138 valence electrons. The van der Waals surface area contributed by atoms with Crippen LogP contribution in [0.15, 0.2) is 65.6 Å². The quantitative estimate of drug-likeness (QED) is 0.708. The van der Waals surface area contributed by atoms with Crippen molar-refractivity contribution in [2.24, 2.45) is 0 Å². The molecule has 27 heavy (non-hydrogen) atoms. The van der Waals surface area contributed by atoms with Crippen molar-refractivity contribution in [2.75, 3.05) is 19.6 Å². The minimum absolute atomic E-state index is 0.0433. The van der Waals surface area contributed by atoms with E-state index in [2.05, 4.69) is 9.88 Å². The smallest absolute Gasteiger partial charge is 0.255 e. The molecule has 1 atom stereocenters. The van der Waals surface area contributed by atoms with Crippen LogP contribution in [-0.2, 0) is 0 Å². The van der Waals surface area contributed by atoms with E-state index < -0.39 is 0 Å². The molecule has 2 aromatic carbocycles. The first kappa shape index (κ1) is 17.5. The fourth-order valence-electron chi connectivity index (χ4n) is 3.61. The Balaban J connectivity index is 1.41. The maximum atomic E-state index is 12.4. The standard InChI is InChI=1S/C22H22N2O3/c25-21(16-5-2-1-3-6-16)15-24-12-4-7-19(14-24)27-18-8-9-20-17(13-18)10-11-23-22(20)26/h1-3,5-6,8-11,13,19H,4,7,12,14-15H2,(H,23,26). The first-order valence-corrected chi connectivity index (χ1v) is 9.28. The molecule has 1 aliphatic heterocycles. The van der Waals surface area contributed by atoms with E-state index in [1.54, 1.807) is 12.3 Å². The minimum atomic E-state index is -0.0951. The van der Waals surface area contributed by atoms with Crippen molar-refractivity contribution in [1.82, 2.24) is 9.88 Å². The number of nitrogens with one attached hydrogen (secondary N) is 1. The average Bonchev–Trinajstić information content (AvgIpc) is 2.69. The van der Waals surface area contributed by atoms with E-state index in [9.17, 15) is 9.59 Å². The van der Waals surface area contributed by atoms with Crippen LogP contribution in [0, 0.1) is 0 Å². The van der Waals surface area contributed by atoms with Gasteiger partial charge in [0.25, 0.3) is 5.56 Å². The van der Waals surface area contributed by atoms with Crippen molar-refractivity contribution < 1.29 is 9.53 Å². The number of benzene rings is 2. The molecule has 3 aromatic rings. The van der Waals surface area contributed by atoms with Gasteiger partial charge in [-0.25, -0.2) is 0 Å². The van der Waals surface area contributed by atoms with E-state index >= 15 is 0 Å². The molecule has 1 aliphatic rings. The van der Waals surface area contributed by atoms with Gasteiger partial charge in [0.2, 0.25) is 0 Å². The summed E-state index contributed by atoms with van der Waals surface area (Å²) < 4.78 is 6.16. The molecule has 1 unspecified atom stereocenters. The Morgan fingerprint density at radius 3 is 2.85 bits per heavy atom. The highest BCUT2D eigenvalue weighted by Crippen LogP contribution is 2.22. The van der Waals surface area contributed by atoms with Gasteiger partial charge in [0.15, 0.2) is 5.78 Å². The largest absolute Gasteiger partial charge is 0.489 e. The van der Waals surface area contributed by atoms with Gasteiger partial charge >= 0.3 is 0 Å². The minimum Gasteiger partial charge on any atom is -0.489 e. The van der Waals surface area contributed by atoms with Gasteiger partial charge in [-0.05, 0) is 49.0 Å². The van der Waals surface area contributed by atoms with Crippen molar-refractivity contribution in [2.45, 2.75) is 18.9 Å². The van der Waals surface area contributed by atoms with Crippen LogP contribution >= 0.6 is 0 Å². The van der Waals surface area contributed by atoms with Crippen LogP contribution in [0.4, 0.5) is 0 Å². The first-order valence-electron chi connectivity index (χ1n) is 9.28. The SMILES string of the molecule is O=C(CN1CCCC(Oc2ccc3c(=O)[nH]ccc3c2)C1)c1ccccc1. The Bertz CT molecular complexity index is 997. The van der Waals surface area contributed by atoms with Gasteiger partial charge in [-0.2, -0.15) is 0 Å². The molecule has 1 saturated heterocycles. The van der Waals surface area contributed by atoms with E-state index in [4.69, 9.17) is 4.74 Å². The molecule has 1 fully saturated rings. The zero-order valence-electron chi connectivity index (χ0n) is 15.1. The molecular weight excluding hydrogens is 340 g/mol. The van der Waals surface area contributed by atoms with Crippen LogP contribution in [0.25, 0.3) is 10.8 Å². The number of ketones is 1. The molecule has 4 rings (SSSR count). The number of carbonyl (C=O) groups is 1. The molecule has 0 saturated carbocycles. The summed E-state index contributed by atoms with van der Waals surface area (Å²) in [5.41, 5.74) is 0.655. The molecule has 5 nitrogen and oxygen atoms in total. The monoisotopic (exact) mass is 362 g/mol. The summed E-state index contributed by atoms with van der Waals surface area (Å²) in [5, 5.41) is 1.52. The average molecular weight is 362 g/mol. The van der Waals surface area contributed by atoms with Gasteiger partial charge in [-0.1, -0.05) is 30.3 Å². The van der Waals surface area contributed by atoms with Crippen molar-refractivity contribution in [3.8, 4) is 5.75 Å². The lowest BCUT2D eigenvalue weighted by Gasteiger charge is -2.32. The molecule has 1 N–H and O–H groups in total. The number of pyridine rings is 1. The van der Waals surface area contributed by atoms with Crippen LogP contribution < -0.4 is 10.3 Å². The number of H-pyrrole nitrogens is 1. The number of rotatable bonds is 5. The number of likely N-dealkylation sites (tertiary alicyclic amines) is 1. The normalized spacial score (nSPS) is 17.7. The number of aromatic amines is 1. The first-order chi connectivity index (χ1) is 13.2. The Morgan fingerprint density at radius 2 is 2.00 bits per heavy atom. The molecule has 0 amide bonds. The van der Waals surface area contributed by atoms with E-state index in [-0.39, 0.29) is 17.4 Å². The summed E-state index contributed by atoms with van der Waals surface area (Å²) in [4.78, 5) is 29.1. The number of hydrogen-bond donors (Lipinski definition) is 1. The van der Waals surface area contributed by atoms with Crippen LogP contribution in [0.3, 0.4) is 0 Å². The van der Waals surface area contributed by atoms with Gasteiger partial charge in [-0.15, -0.1) is 0 Å². The number of aromatic nitrogens is 1. The number of fused-ring (bicyclic) bond motifs is 1. The third-order valence-corrected chi connectivity index (χ3v) is 4.97. The molecule has 0 bridgehead atoms. The zero-order chi connectivity index (χ0) is 18.6. The second kappa shape index (κ2) is 7.76. The molecule has 5 heteroatoms. The van der Waals surface area contributed by atoms with Gasteiger partial charge in [-0.3, -0.25) is 14.5 Å². The van der Waals surface area contributed by atoms with Crippen LogP contribution in [0.2, 0.25) is 0 Å². The Kier molecular flexibility index (Phi) is 5.03. The predicted molar refractivity (Wildman–Crippen MR) is 105 cm³/mol. The number of Topliss-reactive ketones (excluding diaryl/α,β-unsaturated/α-hetero) is 1. The number of carbonyl (C=O) groups excluding carboxylic acids is 1.